The number of carbonyl (C=O) groups excluding carboxylic acids is 1. The lowest BCUT2D eigenvalue weighted by Gasteiger charge is -2.23. The van der Waals surface area contributed by atoms with E-state index >= 15 is 0 Å². The number of aliphatic hydroxyl groups is 1. The summed E-state index contributed by atoms with van der Waals surface area (Å²) in [6.07, 6.45) is 1.73. The Hall–Kier alpha value is -0.320. The molecule has 0 aliphatic carbocycles. The van der Waals surface area contributed by atoms with E-state index in [1.54, 1.807) is 0 Å². The Morgan fingerprint density at radius 1 is 1.41 bits per heavy atom. The van der Waals surface area contributed by atoms with Crippen LogP contribution in [-0.2, 0) is 4.79 Å². The van der Waals surface area contributed by atoms with Crippen LogP contribution in [0.2, 0.25) is 0 Å². The van der Waals surface area contributed by atoms with Gasteiger partial charge in [0.2, 0.25) is 5.91 Å². The molecule has 4 nitrogen and oxygen atoms in total. The maximum absolute atomic E-state index is 11.5. The molecule has 5 heteroatoms. The Labute approximate surface area is 111 Å². The van der Waals surface area contributed by atoms with Crippen LogP contribution in [0.3, 0.4) is 0 Å². The van der Waals surface area contributed by atoms with Crippen LogP contribution in [0.1, 0.15) is 47.0 Å². The van der Waals surface area contributed by atoms with E-state index in [9.17, 15) is 9.90 Å². The molecule has 0 rings (SSSR count). The first-order chi connectivity index (χ1) is 7.26. The molecule has 104 valence electrons. The fourth-order valence-electron chi connectivity index (χ4n) is 1.57. The summed E-state index contributed by atoms with van der Waals surface area (Å²) in [5.74, 6) is -0.171. The molecule has 0 spiro atoms. The van der Waals surface area contributed by atoms with Crippen LogP contribution < -0.4 is 11.1 Å². The molecule has 2 unspecified atom stereocenters. The Morgan fingerprint density at radius 3 is 2.35 bits per heavy atom. The average Bonchev–Trinajstić information content (AvgIpc) is 2.11. The van der Waals surface area contributed by atoms with Gasteiger partial charge in [0.15, 0.2) is 0 Å². The van der Waals surface area contributed by atoms with Crippen LogP contribution in [0.4, 0.5) is 0 Å². The highest BCUT2D eigenvalue weighted by Gasteiger charge is 2.18. The quantitative estimate of drug-likeness (QED) is 0.681. The number of carbonyl (C=O) groups is 1. The van der Waals surface area contributed by atoms with Gasteiger partial charge in [-0.3, -0.25) is 4.79 Å². The summed E-state index contributed by atoms with van der Waals surface area (Å²) >= 11 is 0. The molecule has 17 heavy (non-hydrogen) atoms. The summed E-state index contributed by atoms with van der Waals surface area (Å²) < 4.78 is 0. The van der Waals surface area contributed by atoms with Crippen molar-refractivity contribution in [2.24, 2.45) is 11.1 Å². The third-order valence-electron chi connectivity index (χ3n) is 2.30. The van der Waals surface area contributed by atoms with Crippen LogP contribution in [0.5, 0.6) is 0 Å². The van der Waals surface area contributed by atoms with Gasteiger partial charge in [0.05, 0.1) is 12.1 Å². The van der Waals surface area contributed by atoms with E-state index in [4.69, 9.17) is 5.73 Å². The molecule has 0 aromatic heterocycles. The molecule has 0 radical (unpaired) electrons. The van der Waals surface area contributed by atoms with Gasteiger partial charge in [0.1, 0.15) is 0 Å². The predicted octanol–water partition coefficient (Wildman–Crippen LogP) is 1.45. The summed E-state index contributed by atoms with van der Waals surface area (Å²) in [6, 6.07) is -0.452. The van der Waals surface area contributed by atoms with Crippen LogP contribution in [0.15, 0.2) is 0 Å². The van der Waals surface area contributed by atoms with Crippen LogP contribution >= 0.6 is 12.4 Å². The first-order valence-electron chi connectivity index (χ1n) is 5.97. The smallest absolute Gasteiger partial charge is 0.237 e. The molecule has 0 aliphatic heterocycles. The van der Waals surface area contributed by atoms with Crippen molar-refractivity contribution in [3.8, 4) is 0 Å². The van der Waals surface area contributed by atoms with Gasteiger partial charge in [-0.2, -0.15) is 0 Å². The lowest BCUT2D eigenvalue weighted by atomic mass is 9.89. The second-order valence-corrected chi connectivity index (χ2v) is 5.56. The lowest BCUT2D eigenvalue weighted by molar-refractivity contribution is -0.123. The second kappa shape index (κ2) is 8.72. The molecule has 4 N–H and O–H groups in total. The van der Waals surface area contributed by atoms with Crippen molar-refractivity contribution in [1.29, 1.82) is 0 Å². The summed E-state index contributed by atoms with van der Waals surface area (Å²) in [6.45, 7) is 8.44. The van der Waals surface area contributed by atoms with Gasteiger partial charge in [-0.25, -0.2) is 0 Å². The number of hydrogen-bond acceptors (Lipinski definition) is 3. The highest BCUT2D eigenvalue weighted by Crippen LogP contribution is 2.20. The van der Waals surface area contributed by atoms with Gasteiger partial charge < -0.3 is 16.2 Å². The van der Waals surface area contributed by atoms with Crippen molar-refractivity contribution < 1.29 is 9.90 Å². The highest BCUT2D eigenvalue weighted by molar-refractivity contribution is 5.85. The molecular formula is C12H27ClN2O2. The molecule has 1 amide bonds. The third kappa shape index (κ3) is 10.5. The first-order valence-corrected chi connectivity index (χ1v) is 5.97. The molecule has 0 fully saturated rings. The van der Waals surface area contributed by atoms with Crippen molar-refractivity contribution in [1.82, 2.24) is 5.32 Å². The third-order valence-corrected chi connectivity index (χ3v) is 2.30. The van der Waals surface area contributed by atoms with Crippen molar-refractivity contribution in [2.45, 2.75) is 59.1 Å². The van der Waals surface area contributed by atoms with Crippen molar-refractivity contribution >= 4 is 18.3 Å². The van der Waals surface area contributed by atoms with Crippen LogP contribution in [-0.4, -0.2) is 29.7 Å². The highest BCUT2D eigenvalue weighted by atomic mass is 35.5. The van der Waals surface area contributed by atoms with Gasteiger partial charge in [0.25, 0.3) is 0 Å². The largest absolute Gasteiger partial charge is 0.391 e. The molecule has 0 saturated carbocycles. The van der Waals surface area contributed by atoms with E-state index in [1.165, 1.54) is 0 Å². The monoisotopic (exact) mass is 266 g/mol. The Bertz CT molecular complexity index is 217. The second-order valence-electron chi connectivity index (χ2n) is 5.56. The van der Waals surface area contributed by atoms with E-state index in [2.05, 4.69) is 26.1 Å². The summed E-state index contributed by atoms with van der Waals surface area (Å²) in [4.78, 5) is 11.5. The van der Waals surface area contributed by atoms with E-state index in [1.807, 2.05) is 6.92 Å². The number of nitrogens with one attached hydrogen (secondary N) is 1. The molecule has 0 saturated heterocycles. The van der Waals surface area contributed by atoms with E-state index in [0.717, 1.165) is 6.42 Å². The maximum Gasteiger partial charge on any atom is 0.237 e. The zero-order chi connectivity index (χ0) is 12.8. The Morgan fingerprint density at radius 2 is 1.94 bits per heavy atom. The summed E-state index contributed by atoms with van der Waals surface area (Å²) in [5.41, 5.74) is 5.71. The molecule has 0 aliphatic rings. The number of nitrogens with two attached hydrogens (primary N) is 1. The molecule has 0 heterocycles. The topological polar surface area (TPSA) is 75.4 Å². The molecule has 0 aromatic carbocycles. The van der Waals surface area contributed by atoms with Crippen LogP contribution in [0.25, 0.3) is 0 Å². The molecular weight excluding hydrogens is 240 g/mol. The Balaban J connectivity index is 0. The molecule has 2 atom stereocenters. The van der Waals surface area contributed by atoms with Crippen LogP contribution in [0, 0.1) is 5.41 Å². The number of hydrogen-bond donors (Lipinski definition) is 3. The minimum Gasteiger partial charge on any atom is -0.391 e. The maximum atomic E-state index is 11.5. The average molecular weight is 267 g/mol. The fourth-order valence-corrected chi connectivity index (χ4v) is 1.57. The summed E-state index contributed by atoms with van der Waals surface area (Å²) in [7, 11) is 0. The van der Waals surface area contributed by atoms with E-state index in [-0.39, 0.29) is 30.3 Å². The van der Waals surface area contributed by atoms with Gasteiger partial charge in [0, 0.05) is 6.54 Å². The van der Waals surface area contributed by atoms with E-state index < -0.39 is 12.1 Å². The number of rotatable bonds is 6. The first kappa shape index (κ1) is 19.0. The fraction of sp³-hybridized carbons (Fsp3) is 0.917. The van der Waals surface area contributed by atoms with Gasteiger partial charge >= 0.3 is 0 Å². The predicted molar refractivity (Wildman–Crippen MR) is 73.2 cm³/mol. The minimum absolute atomic E-state index is 0. The van der Waals surface area contributed by atoms with Gasteiger partial charge in [-0.15, -0.1) is 12.4 Å². The lowest BCUT2D eigenvalue weighted by Crippen LogP contribution is -2.43. The normalized spacial score (nSPS) is 14.7. The zero-order valence-electron chi connectivity index (χ0n) is 11.3. The van der Waals surface area contributed by atoms with Gasteiger partial charge in [-0.05, 0) is 18.3 Å². The molecule has 0 aromatic rings. The number of amides is 1. The molecule has 0 bridgehead atoms. The minimum atomic E-state index is -0.502. The van der Waals surface area contributed by atoms with Gasteiger partial charge in [-0.1, -0.05) is 34.1 Å². The number of aliphatic hydroxyl groups excluding tert-OH is 1. The van der Waals surface area contributed by atoms with Crippen molar-refractivity contribution in [3.05, 3.63) is 0 Å². The Kier molecular flexibility index (Phi) is 9.77. The van der Waals surface area contributed by atoms with Crippen molar-refractivity contribution in [2.75, 3.05) is 6.54 Å². The SMILES string of the molecule is CCCC(N)C(=O)NCC(O)CC(C)(C)C.Cl. The number of halogens is 1. The standard InChI is InChI=1S/C12H26N2O2.ClH/c1-5-6-10(13)11(16)14-8-9(15)7-12(2,3)4;/h9-10,15H,5-8,13H2,1-4H3,(H,14,16);1H. The van der Waals surface area contributed by atoms with E-state index in [0.29, 0.717) is 12.8 Å². The van der Waals surface area contributed by atoms with Crippen molar-refractivity contribution in [3.63, 3.8) is 0 Å². The zero-order valence-corrected chi connectivity index (χ0v) is 12.1. The summed E-state index contributed by atoms with van der Waals surface area (Å²) in [5, 5.41) is 12.4.